The number of ketones is 2. The molecule has 1 aromatic rings. The number of phenolic OH excluding ortho intramolecular Hbond substituents is 1. The van der Waals surface area contributed by atoms with Crippen LogP contribution in [-0.4, -0.2) is 145 Å². The molecule has 4 aliphatic rings. The van der Waals surface area contributed by atoms with Gasteiger partial charge in [-0.25, -0.2) is 4.79 Å². The van der Waals surface area contributed by atoms with E-state index >= 15 is 0 Å². The van der Waals surface area contributed by atoms with Gasteiger partial charge >= 0.3 is 5.97 Å². The van der Waals surface area contributed by atoms with Crippen molar-refractivity contribution in [3.63, 3.8) is 0 Å². The number of piperazine rings is 1. The van der Waals surface area contributed by atoms with Gasteiger partial charge in [-0.1, -0.05) is 12.1 Å². The first-order chi connectivity index (χ1) is 21.1. The first-order valence-corrected chi connectivity index (χ1v) is 14.6. The number of benzene rings is 1. The van der Waals surface area contributed by atoms with Crippen molar-refractivity contribution in [2.75, 3.05) is 53.4 Å². The number of likely N-dealkylation sites (N-methyl/N-ethyl adjacent to an activating group) is 1. The molecule has 1 heterocycles. The standard InChI is InChI=1S/C30H38N4O11/c1-29(44)14-5-4-6-17(36)18(14)22(37)19-15(29)13-16-21(32(2)3)23(38)20(25(40)30(16,45)24(19)39)27(41)31-26(28(42)43)34-9-7-33(8-10-34)11-12-35/h4-6,15-16,21,26,35-37,40,44-45H,7-13H2,1-3H3,(H,31,41)(H,42,43)/t15-,16+,21-,26-,29+,30-/m0/s1. The molecule has 8 N–H and O–H groups in total. The number of Topliss-reactive ketones (excluding diaryl/α,β-unsaturated/α-hetero) is 2. The van der Waals surface area contributed by atoms with E-state index in [0.717, 1.165) is 0 Å². The number of β-amino-alcohol motifs (C(OH)–C–C–N with tert-alkyl or cyclic N) is 1. The Morgan fingerprint density at radius 3 is 2.31 bits per heavy atom. The number of nitrogens with zero attached hydrogens (tertiary/aromatic N) is 3. The van der Waals surface area contributed by atoms with Crippen LogP contribution in [-0.2, 0) is 24.8 Å². The van der Waals surface area contributed by atoms with E-state index in [1.807, 2.05) is 4.90 Å². The summed E-state index contributed by atoms with van der Waals surface area (Å²) in [5, 5.41) is 78.3. The average Bonchev–Trinajstić information content (AvgIpc) is 2.97. The zero-order chi connectivity index (χ0) is 33.2. The third-order valence-electron chi connectivity index (χ3n) is 9.69. The predicted molar refractivity (Wildman–Crippen MR) is 156 cm³/mol. The van der Waals surface area contributed by atoms with Gasteiger partial charge in [0.05, 0.1) is 23.8 Å². The molecule has 45 heavy (non-hydrogen) atoms. The second-order valence-electron chi connectivity index (χ2n) is 12.4. The Morgan fingerprint density at radius 1 is 1.09 bits per heavy atom. The Bertz CT molecular complexity index is 1510. The third kappa shape index (κ3) is 4.90. The van der Waals surface area contributed by atoms with Crippen LogP contribution in [0.15, 0.2) is 35.1 Å². The molecule has 244 valence electrons. The molecule has 5 rings (SSSR count). The number of hydrogen-bond acceptors (Lipinski definition) is 13. The van der Waals surface area contributed by atoms with Crippen molar-refractivity contribution in [1.29, 1.82) is 0 Å². The maximum absolute atomic E-state index is 14.2. The molecule has 15 heteroatoms. The Labute approximate surface area is 258 Å². The number of carbonyl (C=O) groups excluding carboxylic acids is 3. The summed E-state index contributed by atoms with van der Waals surface area (Å²) in [5.41, 5.74) is -6.40. The average molecular weight is 631 g/mol. The van der Waals surface area contributed by atoms with Gasteiger partial charge in [0.25, 0.3) is 5.91 Å². The molecular formula is C30H38N4O11. The van der Waals surface area contributed by atoms with Crippen molar-refractivity contribution in [2.45, 2.75) is 36.8 Å². The molecule has 1 aliphatic heterocycles. The number of carbonyl (C=O) groups is 4. The van der Waals surface area contributed by atoms with E-state index < -0.39 is 87.1 Å². The van der Waals surface area contributed by atoms with Crippen LogP contribution in [0.1, 0.15) is 24.5 Å². The van der Waals surface area contributed by atoms with E-state index in [2.05, 4.69) is 5.32 Å². The molecule has 0 spiro atoms. The van der Waals surface area contributed by atoms with Gasteiger partial charge in [-0.2, -0.15) is 0 Å². The van der Waals surface area contributed by atoms with Crippen LogP contribution in [0.25, 0.3) is 5.76 Å². The second kappa shape index (κ2) is 11.5. The lowest BCUT2D eigenvalue weighted by Gasteiger charge is -2.53. The molecule has 1 aromatic carbocycles. The minimum atomic E-state index is -2.93. The number of nitrogens with one attached hydrogen (secondary N) is 1. The zero-order valence-corrected chi connectivity index (χ0v) is 25.1. The lowest BCUT2D eigenvalue weighted by Crippen LogP contribution is -2.67. The SMILES string of the molecule is CN(C)[C@@H]1C(=O)C(C(=O)N[C@H](C(=O)O)N2CCN(CCO)CC2)=C(O)[C@@]2(O)C(=O)C3=C(O)c4c(O)cccc4[C@@](C)(O)[C@H]3C[C@H]12. The first-order valence-electron chi connectivity index (χ1n) is 14.6. The first kappa shape index (κ1) is 32.5. The van der Waals surface area contributed by atoms with E-state index in [1.165, 1.54) is 49.0 Å². The van der Waals surface area contributed by atoms with Gasteiger partial charge < -0.3 is 41.1 Å². The molecule has 0 unspecified atom stereocenters. The van der Waals surface area contributed by atoms with Gasteiger partial charge in [0.1, 0.15) is 22.8 Å². The number of phenols is 1. The number of carboxylic acids is 1. The number of fused-ring (bicyclic) bond motifs is 3. The number of hydrogen-bond donors (Lipinski definition) is 8. The Balaban J connectivity index is 1.58. The number of rotatable bonds is 7. The fourth-order valence-electron chi connectivity index (χ4n) is 7.37. The van der Waals surface area contributed by atoms with Crippen LogP contribution >= 0.6 is 0 Å². The summed E-state index contributed by atoms with van der Waals surface area (Å²) >= 11 is 0. The second-order valence-corrected chi connectivity index (χ2v) is 12.4. The zero-order valence-electron chi connectivity index (χ0n) is 25.1. The fourth-order valence-corrected chi connectivity index (χ4v) is 7.37. The van der Waals surface area contributed by atoms with E-state index in [9.17, 15) is 54.9 Å². The summed E-state index contributed by atoms with van der Waals surface area (Å²) in [6.45, 7) is 2.88. The van der Waals surface area contributed by atoms with Gasteiger partial charge in [0.15, 0.2) is 17.6 Å². The van der Waals surface area contributed by atoms with Crippen molar-refractivity contribution in [2.24, 2.45) is 11.8 Å². The molecule has 2 fully saturated rings. The number of aliphatic hydroxyl groups is 5. The summed E-state index contributed by atoms with van der Waals surface area (Å²) in [7, 11) is 2.93. The highest BCUT2D eigenvalue weighted by atomic mass is 16.4. The summed E-state index contributed by atoms with van der Waals surface area (Å²) in [4.78, 5) is 58.7. The van der Waals surface area contributed by atoms with Crippen molar-refractivity contribution < 1.29 is 54.9 Å². The normalized spacial score (nSPS) is 31.4. The van der Waals surface area contributed by atoms with Gasteiger partial charge in [-0.15, -0.1) is 0 Å². The minimum Gasteiger partial charge on any atom is -0.508 e. The van der Waals surface area contributed by atoms with Crippen LogP contribution in [0.3, 0.4) is 0 Å². The summed E-state index contributed by atoms with van der Waals surface area (Å²) in [5.74, 6) is -10.1. The number of aliphatic hydroxyl groups excluding tert-OH is 3. The number of aromatic hydroxyl groups is 1. The molecule has 0 aromatic heterocycles. The quantitative estimate of drug-likeness (QED) is 0.157. The molecule has 1 saturated heterocycles. The molecule has 1 saturated carbocycles. The van der Waals surface area contributed by atoms with Crippen LogP contribution in [0.4, 0.5) is 0 Å². The van der Waals surface area contributed by atoms with E-state index in [0.29, 0.717) is 19.6 Å². The Hall–Kier alpha value is -3.86. The fraction of sp³-hybridized carbons (Fsp3) is 0.533. The van der Waals surface area contributed by atoms with Crippen molar-refractivity contribution in [1.82, 2.24) is 20.0 Å². The largest absolute Gasteiger partial charge is 0.508 e. The minimum absolute atomic E-state index is 0.0784. The molecule has 0 bridgehead atoms. The maximum Gasteiger partial charge on any atom is 0.341 e. The topological polar surface area (TPSA) is 232 Å². The summed E-state index contributed by atoms with van der Waals surface area (Å²) < 4.78 is 0. The Kier molecular flexibility index (Phi) is 8.31. The van der Waals surface area contributed by atoms with Gasteiger partial charge in [-0.3, -0.25) is 29.1 Å². The smallest absolute Gasteiger partial charge is 0.341 e. The molecule has 1 amide bonds. The van der Waals surface area contributed by atoms with Gasteiger partial charge in [0.2, 0.25) is 5.78 Å². The van der Waals surface area contributed by atoms with Crippen LogP contribution in [0.5, 0.6) is 5.75 Å². The van der Waals surface area contributed by atoms with Crippen LogP contribution in [0, 0.1) is 11.8 Å². The van der Waals surface area contributed by atoms with Crippen molar-refractivity contribution >= 4 is 29.2 Å². The Morgan fingerprint density at radius 2 is 1.73 bits per heavy atom. The van der Waals surface area contributed by atoms with Crippen LogP contribution < -0.4 is 5.32 Å². The van der Waals surface area contributed by atoms with E-state index in [-0.39, 0.29) is 37.2 Å². The molecule has 3 aliphatic carbocycles. The summed E-state index contributed by atoms with van der Waals surface area (Å²) in [6, 6.07) is 2.77. The number of aliphatic carboxylic acids is 1. The molecule has 15 nitrogen and oxygen atoms in total. The highest BCUT2D eigenvalue weighted by Gasteiger charge is 2.66. The van der Waals surface area contributed by atoms with Crippen molar-refractivity contribution in [3.8, 4) is 5.75 Å². The monoisotopic (exact) mass is 630 g/mol. The van der Waals surface area contributed by atoms with E-state index in [1.54, 1.807) is 0 Å². The maximum atomic E-state index is 14.2. The molecule has 0 radical (unpaired) electrons. The number of amides is 1. The van der Waals surface area contributed by atoms with Crippen LogP contribution in [0.2, 0.25) is 0 Å². The third-order valence-corrected chi connectivity index (χ3v) is 9.69. The number of carboxylic acid groups (broad SMARTS) is 1. The predicted octanol–water partition coefficient (Wildman–Crippen LogP) is -1.72. The highest BCUT2D eigenvalue weighted by molar-refractivity contribution is 6.25. The summed E-state index contributed by atoms with van der Waals surface area (Å²) in [6.07, 6.45) is -1.93. The molecular weight excluding hydrogens is 592 g/mol. The molecule has 6 atom stereocenters. The van der Waals surface area contributed by atoms with Crippen molar-refractivity contribution in [3.05, 3.63) is 46.2 Å². The lowest BCUT2D eigenvalue weighted by atomic mass is 9.54. The lowest BCUT2D eigenvalue weighted by molar-refractivity contribution is -0.159. The van der Waals surface area contributed by atoms with Gasteiger partial charge in [0, 0.05) is 50.1 Å². The van der Waals surface area contributed by atoms with Gasteiger partial charge in [-0.05, 0) is 39.1 Å². The highest BCUT2D eigenvalue weighted by Crippen LogP contribution is 2.57. The van der Waals surface area contributed by atoms with E-state index in [4.69, 9.17) is 0 Å².